The molecule has 0 saturated heterocycles. The third-order valence-corrected chi connectivity index (χ3v) is 5.53. The molecule has 0 spiro atoms. The van der Waals surface area contributed by atoms with Crippen molar-refractivity contribution >= 4 is 50.2 Å². The van der Waals surface area contributed by atoms with E-state index in [-0.39, 0.29) is 18.0 Å². The van der Waals surface area contributed by atoms with Gasteiger partial charge in [0.2, 0.25) is 0 Å². The predicted molar refractivity (Wildman–Crippen MR) is 124 cm³/mol. The van der Waals surface area contributed by atoms with E-state index in [9.17, 15) is 14.9 Å². The Labute approximate surface area is 196 Å². The summed E-state index contributed by atoms with van der Waals surface area (Å²) in [7, 11) is 0. The number of hydrogen-bond donors (Lipinski definition) is 1. The molecule has 0 aliphatic carbocycles. The molecule has 0 aliphatic rings. The average molecular weight is 508 g/mol. The van der Waals surface area contributed by atoms with Gasteiger partial charge in [0.05, 0.1) is 37.7 Å². The van der Waals surface area contributed by atoms with Crippen LogP contribution in [0.15, 0.2) is 59.1 Å². The third-order valence-electron chi connectivity index (χ3n) is 4.66. The van der Waals surface area contributed by atoms with E-state index in [1.807, 2.05) is 12.1 Å². The van der Waals surface area contributed by atoms with Crippen LogP contribution in [0.1, 0.15) is 22.5 Å². The first-order valence-corrected chi connectivity index (χ1v) is 10.5. The van der Waals surface area contributed by atoms with Gasteiger partial charge in [-0.15, -0.1) is 0 Å². The van der Waals surface area contributed by atoms with Gasteiger partial charge in [0, 0.05) is 5.56 Å². The number of nitrogens with zero attached hydrogens (tertiary/aromatic N) is 3. The van der Waals surface area contributed by atoms with E-state index < -0.39 is 0 Å². The number of ether oxygens (including phenoxy) is 1. The maximum absolute atomic E-state index is 13.4. The molecule has 0 amide bonds. The van der Waals surface area contributed by atoms with Crippen molar-refractivity contribution in [2.75, 3.05) is 0 Å². The maximum Gasteiger partial charge on any atom is 0.152 e. The standard InChI is InChI=1S/C24H13BrClFN4O/c25-19-8-14(7-17(12-29)24-30-21-6-5-18(27)10-22(21)31-24)9-20(26)23(19)32-13-16-4-2-1-3-15(16)11-28/h1-10H,13H2,(H,30,31)/b17-7-. The Morgan fingerprint density at radius 1 is 1.19 bits per heavy atom. The molecule has 0 atom stereocenters. The Bertz CT molecular complexity index is 1430. The highest BCUT2D eigenvalue weighted by Gasteiger charge is 2.13. The predicted octanol–water partition coefficient (Wildman–Crippen LogP) is 6.63. The number of imidazole rings is 1. The van der Waals surface area contributed by atoms with Gasteiger partial charge in [-0.25, -0.2) is 9.37 Å². The number of nitriles is 2. The second-order valence-corrected chi connectivity index (χ2v) is 8.05. The molecule has 4 aromatic rings. The van der Waals surface area contributed by atoms with E-state index in [1.54, 1.807) is 36.4 Å². The number of aromatic nitrogens is 2. The molecule has 5 nitrogen and oxygen atoms in total. The van der Waals surface area contributed by atoms with Gasteiger partial charge in [0.15, 0.2) is 5.75 Å². The summed E-state index contributed by atoms with van der Waals surface area (Å²) in [5, 5.41) is 19.2. The molecule has 8 heteroatoms. The van der Waals surface area contributed by atoms with Crippen LogP contribution >= 0.6 is 27.5 Å². The van der Waals surface area contributed by atoms with Crippen molar-refractivity contribution in [1.82, 2.24) is 9.97 Å². The SMILES string of the molecule is N#C/C(=C/c1cc(Cl)c(OCc2ccccc2C#N)c(Br)c1)c1nc2ccc(F)cc2[nH]1. The topological polar surface area (TPSA) is 85.5 Å². The summed E-state index contributed by atoms with van der Waals surface area (Å²) in [6.45, 7) is 0.177. The fourth-order valence-electron chi connectivity index (χ4n) is 3.14. The van der Waals surface area contributed by atoms with Gasteiger partial charge < -0.3 is 9.72 Å². The molecule has 1 N–H and O–H groups in total. The van der Waals surface area contributed by atoms with E-state index in [2.05, 4.69) is 38.0 Å². The lowest BCUT2D eigenvalue weighted by Crippen LogP contribution is -1.99. The molecule has 0 radical (unpaired) electrons. The van der Waals surface area contributed by atoms with E-state index in [0.717, 1.165) is 5.56 Å². The zero-order chi connectivity index (χ0) is 22.7. The fourth-order valence-corrected chi connectivity index (χ4v) is 4.12. The molecule has 32 heavy (non-hydrogen) atoms. The Morgan fingerprint density at radius 2 is 2.00 bits per heavy atom. The maximum atomic E-state index is 13.4. The number of hydrogen-bond acceptors (Lipinski definition) is 4. The van der Waals surface area contributed by atoms with Gasteiger partial charge in [0.25, 0.3) is 0 Å². The van der Waals surface area contributed by atoms with Crippen LogP contribution < -0.4 is 4.74 Å². The summed E-state index contributed by atoms with van der Waals surface area (Å²) < 4.78 is 19.9. The first-order valence-electron chi connectivity index (χ1n) is 9.36. The number of allylic oxidation sites excluding steroid dienone is 1. The normalized spacial score (nSPS) is 11.2. The molecular weight excluding hydrogens is 495 g/mol. The highest BCUT2D eigenvalue weighted by molar-refractivity contribution is 9.10. The lowest BCUT2D eigenvalue weighted by Gasteiger charge is -2.12. The molecule has 0 unspecified atom stereocenters. The van der Waals surface area contributed by atoms with Gasteiger partial charge >= 0.3 is 0 Å². The number of nitrogens with one attached hydrogen (secondary N) is 1. The summed E-state index contributed by atoms with van der Waals surface area (Å²) in [5.41, 5.74) is 3.25. The van der Waals surface area contributed by atoms with Crippen LogP contribution in [0.2, 0.25) is 5.02 Å². The largest absolute Gasteiger partial charge is 0.486 e. The van der Waals surface area contributed by atoms with E-state index in [1.165, 1.54) is 12.1 Å². The molecule has 1 heterocycles. The van der Waals surface area contributed by atoms with Crippen molar-refractivity contribution in [2.24, 2.45) is 0 Å². The van der Waals surface area contributed by atoms with Crippen LogP contribution in [0.4, 0.5) is 4.39 Å². The summed E-state index contributed by atoms with van der Waals surface area (Å²) >= 11 is 9.89. The third kappa shape index (κ3) is 4.50. The number of rotatable bonds is 5. The minimum Gasteiger partial charge on any atom is -0.486 e. The van der Waals surface area contributed by atoms with Crippen LogP contribution in [0.25, 0.3) is 22.7 Å². The highest BCUT2D eigenvalue weighted by atomic mass is 79.9. The first kappa shape index (κ1) is 21.6. The number of H-pyrrole nitrogens is 1. The highest BCUT2D eigenvalue weighted by Crippen LogP contribution is 2.36. The number of halogens is 3. The molecule has 3 aromatic carbocycles. The van der Waals surface area contributed by atoms with E-state index >= 15 is 0 Å². The van der Waals surface area contributed by atoms with Crippen molar-refractivity contribution in [3.8, 4) is 17.9 Å². The van der Waals surface area contributed by atoms with E-state index in [0.29, 0.717) is 43.2 Å². The van der Waals surface area contributed by atoms with Gasteiger partial charge in [-0.05, 0) is 64.0 Å². The number of benzene rings is 3. The van der Waals surface area contributed by atoms with Crippen molar-refractivity contribution < 1.29 is 9.13 Å². The van der Waals surface area contributed by atoms with Gasteiger partial charge in [-0.2, -0.15) is 10.5 Å². The molecule has 0 aliphatic heterocycles. The zero-order valence-corrected chi connectivity index (χ0v) is 18.7. The van der Waals surface area contributed by atoms with Gasteiger partial charge in [-0.3, -0.25) is 0 Å². The lowest BCUT2D eigenvalue weighted by molar-refractivity contribution is 0.304. The molecule has 0 fully saturated rings. The Balaban J connectivity index is 1.62. The van der Waals surface area contributed by atoms with Crippen molar-refractivity contribution in [1.29, 1.82) is 10.5 Å². The second kappa shape index (κ2) is 9.23. The van der Waals surface area contributed by atoms with Crippen LogP contribution in [0, 0.1) is 28.5 Å². The summed E-state index contributed by atoms with van der Waals surface area (Å²) in [5.74, 6) is 0.363. The first-order chi connectivity index (χ1) is 15.5. The van der Waals surface area contributed by atoms with Gasteiger partial charge in [0.1, 0.15) is 24.3 Å². The Kier molecular flexibility index (Phi) is 6.23. The molecule has 156 valence electrons. The zero-order valence-electron chi connectivity index (χ0n) is 16.4. The summed E-state index contributed by atoms with van der Waals surface area (Å²) in [6, 6.07) is 19.0. The minimum absolute atomic E-state index is 0.177. The Hall–Kier alpha value is -3.65. The second-order valence-electron chi connectivity index (χ2n) is 6.79. The fraction of sp³-hybridized carbons (Fsp3) is 0.0417. The van der Waals surface area contributed by atoms with Crippen LogP contribution in [0.3, 0.4) is 0 Å². The summed E-state index contributed by atoms with van der Waals surface area (Å²) in [6.07, 6.45) is 1.62. The van der Waals surface area contributed by atoms with Crippen molar-refractivity contribution in [2.45, 2.75) is 6.61 Å². The molecule has 4 rings (SSSR count). The number of aromatic amines is 1. The summed E-state index contributed by atoms with van der Waals surface area (Å²) in [4.78, 5) is 7.31. The minimum atomic E-state index is -0.390. The van der Waals surface area contributed by atoms with Gasteiger partial charge in [-0.1, -0.05) is 29.8 Å². The quantitative estimate of drug-likeness (QED) is 0.307. The van der Waals surface area contributed by atoms with Crippen LogP contribution in [0.5, 0.6) is 5.75 Å². The molecule has 0 bridgehead atoms. The van der Waals surface area contributed by atoms with Crippen LogP contribution in [-0.2, 0) is 6.61 Å². The van der Waals surface area contributed by atoms with Crippen LogP contribution in [-0.4, -0.2) is 9.97 Å². The van der Waals surface area contributed by atoms with Crippen molar-refractivity contribution in [3.63, 3.8) is 0 Å². The molecular formula is C24H13BrClFN4O. The van der Waals surface area contributed by atoms with E-state index in [4.69, 9.17) is 16.3 Å². The Morgan fingerprint density at radius 3 is 2.75 bits per heavy atom. The molecule has 0 saturated carbocycles. The number of fused-ring (bicyclic) bond motifs is 1. The lowest BCUT2D eigenvalue weighted by atomic mass is 10.1. The monoisotopic (exact) mass is 506 g/mol. The smallest absolute Gasteiger partial charge is 0.152 e. The van der Waals surface area contributed by atoms with Crippen molar-refractivity contribution in [3.05, 3.63) is 92.4 Å². The molecule has 1 aromatic heterocycles. The average Bonchev–Trinajstić information content (AvgIpc) is 3.20.